The van der Waals surface area contributed by atoms with Gasteiger partial charge in [-0.15, -0.1) is 0 Å². The maximum atomic E-state index is 12.5. The normalized spacial score (nSPS) is 11.6. The largest absolute Gasteiger partial charge is 0.341 e. The van der Waals surface area contributed by atoms with E-state index < -0.39 is 26.4 Å². The molecule has 1 heterocycles. The van der Waals surface area contributed by atoms with E-state index in [0.717, 1.165) is 17.5 Å². The van der Waals surface area contributed by atoms with Gasteiger partial charge in [0.25, 0.3) is 5.91 Å². The molecule has 3 aromatic rings. The van der Waals surface area contributed by atoms with E-state index in [1.165, 1.54) is 12.1 Å². The molecule has 1 aromatic heterocycles. The minimum Gasteiger partial charge on any atom is -0.321 e. The summed E-state index contributed by atoms with van der Waals surface area (Å²) in [6.07, 6.45) is 1.64. The lowest BCUT2D eigenvalue weighted by Gasteiger charge is -2.09. The van der Waals surface area contributed by atoms with Crippen molar-refractivity contribution in [3.8, 4) is 0 Å². The Morgan fingerprint density at radius 1 is 1.00 bits per heavy atom. The van der Waals surface area contributed by atoms with Gasteiger partial charge in [-0.2, -0.15) is 8.78 Å². The van der Waals surface area contributed by atoms with Crippen molar-refractivity contribution in [1.29, 1.82) is 0 Å². The van der Waals surface area contributed by atoms with Crippen molar-refractivity contribution in [3.05, 3.63) is 66.4 Å². The van der Waals surface area contributed by atoms with Crippen LogP contribution in [0.2, 0.25) is 0 Å². The van der Waals surface area contributed by atoms with Crippen molar-refractivity contribution in [3.63, 3.8) is 0 Å². The van der Waals surface area contributed by atoms with Gasteiger partial charge in [0, 0.05) is 17.1 Å². The molecule has 0 atom stereocenters. The zero-order chi connectivity index (χ0) is 18.0. The van der Waals surface area contributed by atoms with E-state index in [1.807, 2.05) is 0 Å². The molecular formula is C17H12F2N2O3S. The number of aromatic nitrogens is 1. The first kappa shape index (κ1) is 17.0. The second kappa shape index (κ2) is 6.56. The Balaban J connectivity index is 1.87. The third-order valence-electron chi connectivity index (χ3n) is 3.57. The van der Waals surface area contributed by atoms with Gasteiger partial charge in [0.2, 0.25) is 9.84 Å². The minimum absolute atomic E-state index is 0.147. The molecule has 0 bridgehead atoms. The van der Waals surface area contributed by atoms with E-state index in [0.29, 0.717) is 11.2 Å². The molecule has 0 saturated carbocycles. The van der Waals surface area contributed by atoms with Crippen molar-refractivity contribution < 1.29 is 22.0 Å². The standard InChI is InChI=1S/C17H12F2N2O3S/c18-17(19)25(23,24)12-8-6-11(7-9-12)16(22)21-15-5-1-4-14-13(15)3-2-10-20-14/h1-10,17H,(H,21,22). The molecule has 1 N–H and O–H groups in total. The summed E-state index contributed by atoms with van der Waals surface area (Å²) in [5, 5.41) is 3.45. The topological polar surface area (TPSA) is 76.1 Å². The first-order chi connectivity index (χ1) is 11.9. The van der Waals surface area contributed by atoms with Crippen LogP contribution < -0.4 is 5.32 Å². The Bertz CT molecular complexity index is 1030. The van der Waals surface area contributed by atoms with Crippen LogP contribution in [-0.2, 0) is 9.84 Å². The number of amides is 1. The van der Waals surface area contributed by atoms with E-state index in [2.05, 4.69) is 10.3 Å². The highest BCUT2D eigenvalue weighted by molar-refractivity contribution is 7.91. The fourth-order valence-corrected chi connectivity index (χ4v) is 3.03. The van der Waals surface area contributed by atoms with E-state index in [4.69, 9.17) is 0 Å². The fourth-order valence-electron chi connectivity index (χ4n) is 2.31. The Morgan fingerprint density at radius 2 is 1.72 bits per heavy atom. The Labute approximate surface area is 142 Å². The molecule has 8 heteroatoms. The summed E-state index contributed by atoms with van der Waals surface area (Å²) >= 11 is 0. The summed E-state index contributed by atoms with van der Waals surface area (Å²) in [7, 11) is -4.68. The lowest BCUT2D eigenvalue weighted by molar-refractivity contribution is 0.102. The number of hydrogen-bond acceptors (Lipinski definition) is 4. The van der Waals surface area contributed by atoms with Gasteiger partial charge in [0.15, 0.2) is 0 Å². The van der Waals surface area contributed by atoms with Gasteiger partial charge < -0.3 is 5.32 Å². The molecule has 0 spiro atoms. The van der Waals surface area contributed by atoms with Gasteiger partial charge in [-0.05, 0) is 48.5 Å². The molecule has 5 nitrogen and oxygen atoms in total. The number of nitrogens with one attached hydrogen (secondary N) is 1. The lowest BCUT2D eigenvalue weighted by atomic mass is 10.1. The van der Waals surface area contributed by atoms with Crippen molar-refractivity contribution in [2.24, 2.45) is 0 Å². The van der Waals surface area contributed by atoms with Gasteiger partial charge in [-0.25, -0.2) is 8.42 Å². The number of carbonyl (C=O) groups excluding carboxylic acids is 1. The number of fused-ring (bicyclic) bond motifs is 1. The van der Waals surface area contributed by atoms with E-state index in [9.17, 15) is 22.0 Å². The molecule has 0 unspecified atom stereocenters. The number of carbonyl (C=O) groups is 1. The van der Waals surface area contributed by atoms with Gasteiger partial charge >= 0.3 is 5.76 Å². The Morgan fingerprint density at radius 3 is 2.40 bits per heavy atom. The van der Waals surface area contributed by atoms with Crippen molar-refractivity contribution >= 4 is 32.3 Å². The average Bonchev–Trinajstić information content (AvgIpc) is 2.62. The van der Waals surface area contributed by atoms with Crippen LogP contribution in [0.5, 0.6) is 0 Å². The van der Waals surface area contributed by atoms with E-state index in [-0.39, 0.29) is 5.56 Å². The van der Waals surface area contributed by atoms with Gasteiger partial charge in [0.1, 0.15) is 0 Å². The lowest BCUT2D eigenvalue weighted by Crippen LogP contribution is -2.14. The number of sulfone groups is 1. The van der Waals surface area contributed by atoms with Crippen LogP contribution in [0.15, 0.2) is 65.7 Å². The predicted molar refractivity (Wildman–Crippen MR) is 89.3 cm³/mol. The molecule has 1 amide bonds. The molecule has 25 heavy (non-hydrogen) atoms. The number of benzene rings is 2. The van der Waals surface area contributed by atoms with E-state index in [1.54, 1.807) is 36.5 Å². The molecular weight excluding hydrogens is 350 g/mol. The number of alkyl halides is 2. The molecule has 0 radical (unpaired) electrons. The fraction of sp³-hybridized carbons (Fsp3) is 0.0588. The second-order valence-electron chi connectivity index (χ2n) is 5.16. The molecule has 0 saturated heterocycles. The van der Waals surface area contributed by atoms with Gasteiger partial charge in [-0.1, -0.05) is 6.07 Å². The highest BCUT2D eigenvalue weighted by atomic mass is 32.2. The number of hydrogen-bond donors (Lipinski definition) is 1. The van der Waals surface area contributed by atoms with Gasteiger partial charge in [0.05, 0.1) is 16.1 Å². The smallest absolute Gasteiger partial charge is 0.321 e. The van der Waals surface area contributed by atoms with Crippen LogP contribution in [-0.4, -0.2) is 25.1 Å². The highest BCUT2D eigenvalue weighted by Gasteiger charge is 2.26. The van der Waals surface area contributed by atoms with Crippen LogP contribution in [0.4, 0.5) is 14.5 Å². The first-order valence-electron chi connectivity index (χ1n) is 7.17. The third kappa shape index (κ3) is 3.34. The summed E-state index contributed by atoms with van der Waals surface area (Å²) in [6.45, 7) is 0. The summed E-state index contributed by atoms with van der Waals surface area (Å²) < 4.78 is 47.8. The molecule has 0 aliphatic carbocycles. The van der Waals surface area contributed by atoms with Gasteiger partial charge in [-0.3, -0.25) is 9.78 Å². The number of halogens is 2. The van der Waals surface area contributed by atoms with Crippen LogP contribution in [0, 0.1) is 0 Å². The summed E-state index contributed by atoms with van der Waals surface area (Å²) in [5.41, 5.74) is 1.40. The van der Waals surface area contributed by atoms with Crippen molar-refractivity contribution in [2.75, 3.05) is 5.32 Å². The third-order valence-corrected chi connectivity index (χ3v) is 4.97. The zero-order valence-corrected chi connectivity index (χ0v) is 13.5. The molecule has 0 fully saturated rings. The molecule has 128 valence electrons. The van der Waals surface area contributed by atoms with Crippen molar-refractivity contribution in [1.82, 2.24) is 4.98 Å². The summed E-state index contributed by atoms with van der Waals surface area (Å²) in [4.78, 5) is 16.0. The highest BCUT2D eigenvalue weighted by Crippen LogP contribution is 2.23. The molecule has 0 aliphatic heterocycles. The summed E-state index contributed by atoms with van der Waals surface area (Å²) in [6, 6.07) is 13.1. The number of anilines is 1. The predicted octanol–water partition coefficient (Wildman–Crippen LogP) is 3.48. The summed E-state index contributed by atoms with van der Waals surface area (Å²) in [5.74, 6) is -3.99. The van der Waals surface area contributed by atoms with Crippen molar-refractivity contribution in [2.45, 2.75) is 10.7 Å². The zero-order valence-electron chi connectivity index (χ0n) is 12.7. The monoisotopic (exact) mass is 362 g/mol. The van der Waals surface area contributed by atoms with Crippen LogP contribution in [0.1, 0.15) is 10.4 Å². The number of pyridine rings is 1. The van der Waals surface area contributed by atoms with E-state index >= 15 is 0 Å². The maximum absolute atomic E-state index is 12.5. The Kier molecular flexibility index (Phi) is 4.45. The first-order valence-corrected chi connectivity index (χ1v) is 8.71. The number of rotatable bonds is 4. The molecule has 3 rings (SSSR count). The number of nitrogens with zero attached hydrogens (tertiary/aromatic N) is 1. The average molecular weight is 362 g/mol. The van der Waals surface area contributed by atoms with Crippen LogP contribution in [0.3, 0.4) is 0 Å². The SMILES string of the molecule is O=C(Nc1cccc2ncccc12)c1ccc(S(=O)(=O)C(F)F)cc1. The quantitative estimate of drug-likeness (QED) is 0.771. The van der Waals surface area contributed by atoms with Crippen LogP contribution in [0.25, 0.3) is 10.9 Å². The Hall–Kier alpha value is -2.87. The van der Waals surface area contributed by atoms with Crippen LogP contribution >= 0.6 is 0 Å². The second-order valence-corrected chi connectivity index (χ2v) is 7.08. The molecule has 0 aliphatic rings. The minimum atomic E-state index is -4.68. The molecule has 2 aromatic carbocycles. The maximum Gasteiger partial charge on any atom is 0.341 e.